The van der Waals surface area contributed by atoms with Gasteiger partial charge in [0, 0.05) is 18.3 Å². The van der Waals surface area contributed by atoms with Crippen LogP contribution >= 0.6 is 0 Å². The van der Waals surface area contributed by atoms with Crippen molar-refractivity contribution in [2.75, 3.05) is 27.9 Å². The zero-order valence-corrected chi connectivity index (χ0v) is 21.2. The number of ether oxygens (including phenoxy) is 3. The van der Waals surface area contributed by atoms with Crippen LogP contribution < -0.4 is 19.5 Å². The van der Waals surface area contributed by atoms with Crippen LogP contribution in [0.1, 0.15) is 40.5 Å². The van der Waals surface area contributed by atoms with Gasteiger partial charge in [0.2, 0.25) is 11.7 Å². The van der Waals surface area contributed by atoms with Gasteiger partial charge >= 0.3 is 5.97 Å². The number of nitrogens with zero attached hydrogens (tertiary/aromatic N) is 2. The summed E-state index contributed by atoms with van der Waals surface area (Å²) in [4.78, 5) is 25.8. The van der Waals surface area contributed by atoms with E-state index in [0.717, 1.165) is 16.8 Å². The fourth-order valence-electron chi connectivity index (χ4n) is 4.40. The zero-order chi connectivity index (χ0) is 27.2. The van der Waals surface area contributed by atoms with Crippen LogP contribution in [0.4, 0.5) is 0 Å². The molecule has 0 fully saturated rings. The predicted molar refractivity (Wildman–Crippen MR) is 137 cm³/mol. The third-order valence-corrected chi connectivity index (χ3v) is 6.21. The Hall–Kier alpha value is -4.91. The van der Waals surface area contributed by atoms with E-state index in [-0.39, 0.29) is 30.7 Å². The summed E-state index contributed by atoms with van der Waals surface area (Å²) in [6, 6.07) is 14.3. The number of carbonyl (C=O) groups is 2. The van der Waals surface area contributed by atoms with Gasteiger partial charge in [-0.05, 0) is 53.6 Å². The van der Waals surface area contributed by atoms with Crippen LogP contribution in [0.3, 0.4) is 0 Å². The highest BCUT2D eigenvalue weighted by atomic mass is 16.5. The van der Waals surface area contributed by atoms with E-state index in [2.05, 4.69) is 11.4 Å². The number of hydrogen-bond acceptors (Lipinski definition) is 8. The summed E-state index contributed by atoms with van der Waals surface area (Å²) in [7, 11) is 4.80. The number of furan rings is 1. The molecule has 1 aromatic heterocycles. The van der Waals surface area contributed by atoms with E-state index in [1.165, 1.54) is 14.2 Å². The molecule has 38 heavy (non-hydrogen) atoms. The summed E-state index contributed by atoms with van der Waals surface area (Å²) in [5.74, 6) is 0.185. The van der Waals surface area contributed by atoms with Gasteiger partial charge in [0.15, 0.2) is 18.1 Å². The van der Waals surface area contributed by atoms with E-state index < -0.39 is 12.6 Å². The SMILES string of the molecule is COc1cc(/C=C2\c3ccc(C#N)cc3C(CC(=O)NCc3ccco3)N2C)cc(OC)c1OCC(=O)O. The average molecular weight is 518 g/mol. The van der Waals surface area contributed by atoms with Crippen molar-refractivity contribution in [1.29, 1.82) is 5.26 Å². The molecule has 1 unspecified atom stereocenters. The number of carboxylic acids is 1. The monoisotopic (exact) mass is 517 g/mol. The number of benzene rings is 2. The highest BCUT2D eigenvalue weighted by Crippen LogP contribution is 2.45. The standard InChI is InChI=1S/C28H27N3O7/c1-31-22(10-18-11-24(35-2)28(25(12-18)36-3)38-16-27(33)34)20-7-6-17(14-29)9-21(20)23(31)13-26(32)30-15-19-5-4-8-37-19/h4-12,23H,13,15-16H2,1-3H3,(H,30,32)(H,33,34)/b22-10+. The van der Waals surface area contributed by atoms with Gasteiger partial charge < -0.3 is 34.0 Å². The number of nitrogens with one attached hydrogen (secondary N) is 1. The fourth-order valence-corrected chi connectivity index (χ4v) is 4.40. The largest absolute Gasteiger partial charge is 0.493 e. The maximum Gasteiger partial charge on any atom is 0.341 e. The molecule has 1 aliphatic rings. The quantitative estimate of drug-likeness (QED) is 0.411. The predicted octanol–water partition coefficient (Wildman–Crippen LogP) is 3.82. The number of amides is 1. The molecular formula is C28H27N3O7. The number of rotatable bonds is 10. The second-order valence-corrected chi connectivity index (χ2v) is 8.57. The lowest BCUT2D eigenvalue weighted by atomic mass is 9.98. The summed E-state index contributed by atoms with van der Waals surface area (Å²) in [5, 5.41) is 21.3. The van der Waals surface area contributed by atoms with E-state index in [0.29, 0.717) is 28.4 Å². The molecule has 1 amide bonds. The maximum absolute atomic E-state index is 12.8. The highest BCUT2D eigenvalue weighted by molar-refractivity contribution is 5.87. The molecule has 2 aromatic carbocycles. The first-order valence-corrected chi connectivity index (χ1v) is 11.7. The topological polar surface area (TPSA) is 134 Å². The van der Waals surface area contributed by atoms with Crippen LogP contribution in [0.2, 0.25) is 0 Å². The molecule has 2 N–H and O–H groups in total. The molecule has 4 rings (SSSR count). The van der Waals surface area contributed by atoms with Crippen molar-refractivity contribution in [3.63, 3.8) is 0 Å². The molecule has 10 heteroatoms. The lowest BCUT2D eigenvalue weighted by Crippen LogP contribution is -2.28. The number of carboxylic acid groups (broad SMARTS) is 1. The van der Waals surface area contributed by atoms with Crippen molar-refractivity contribution >= 4 is 23.6 Å². The number of hydrogen-bond donors (Lipinski definition) is 2. The normalized spacial score (nSPS) is 15.1. The molecule has 10 nitrogen and oxygen atoms in total. The average Bonchev–Trinajstić information content (AvgIpc) is 3.53. The summed E-state index contributed by atoms with van der Waals surface area (Å²) in [6.45, 7) is -0.264. The van der Waals surface area contributed by atoms with Crippen LogP contribution in [-0.2, 0) is 16.1 Å². The van der Waals surface area contributed by atoms with Crippen molar-refractivity contribution < 1.29 is 33.3 Å². The molecular weight excluding hydrogens is 490 g/mol. The van der Waals surface area contributed by atoms with Crippen LogP contribution in [0, 0.1) is 11.3 Å². The summed E-state index contributed by atoms with van der Waals surface area (Å²) < 4.78 is 21.6. The Morgan fingerprint density at radius 2 is 1.92 bits per heavy atom. The molecule has 0 aliphatic carbocycles. The zero-order valence-electron chi connectivity index (χ0n) is 21.2. The van der Waals surface area contributed by atoms with Gasteiger partial charge in [-0.25, -0.2) is 4.79 Å². The fraction of sp³-hybridized carbons (Fsp3) is 0.250. The van der Waals surface area contributed by atoms with Crippen molar-refractivity contribution in [2.45, 2.75) is 19.0 Å². The molecule has 0 spiro atoms. The van der Waals surface area contributed by atoms with Gasteiger partial charge in [-0.15, -0.1) is 0 Å². The molecule has 2 heterocycles. The molecule has 0 radical (unpaired) electrons. The van der Waals surface area contributed by atoms with Gasteiger partial charge in [-0.2, -0.15) is 5.26 Å². The van der Waals surface area contributed by atoms with Crippen LogP contribution in [0.25, 0.3) is 11.8 Å². The Bertz CT molecular complexity index is 1380. The minimum absolute atomic E-state index is 0.156. The smallest absolute Gasteiger partial charge is 0.341 e. The molecule has 1 aliphatic heterocycles. The second-order valence-electron chi connectivity index (χ2n) is 8.57. The molecule has 196 valence electrons. The minimum atomic E-state index is -1.12. The van der Waals surface area contributed by atoms with Crippen molar-refractivity contribution in [3.05, 3.63) is 76.7 Å². The summed E-state index contributed by atoms with van der Waals surface area (Å²) >= 11 is 0. The van der Waals surface area contributed by atoms with Crippen LogP contribution in [0.15, 0.2) is 53.1 Å². The molecule has 0 saturated heterocycles. The summed E-state index contributed by atoms with van der Waals surface area (Å²) in [5.41, 5.74) is 3.80. The lowest BCUT2D eigenvalue weighted by molar-refractivity contribution is -0.139. The van der Waals surface area contributed by atoms with Crippen molar-refractivity contribution in [1.82, 2.24) is 10.2 Å². The van der Waals surface area contributed by atoms with Crippen LogP contribution in [0.5, 0.6) is 17.2 Å². The highest BCUT2D eigenvalue weighted by Gasteiger charge is 2.33. The van der Waals surface area contributed by atoms with E-state index >= 15 is 0 Å². The number of nitriles is 1. The first-order valence-electron chi connectivity index (χ1n) is 11.7. The third kappa shape index (κ3) is 5.57. The first-order chi connectivity index (χ1) is 18.3. The van der Waals surface area contributed by atoms with Gasteiger partial charge in [-0.3, -0.25) is 4.79 Å². The number of methoxy groups -OCH3 is 2. The van der Waals surface area contributed by atoms with Crippen LogP contribution in [-0.4, -0.2) is 49.8 Å². The maximum atomic E-state index is 12.8. The van der Waals surface area contributed by atoms with Gasteiger partial charge in [0.05, 0.1) is 51.1 Å². The van der Waals surface area contributed by atoms with Gasteiger partial charge in [0.25, 0.3) is 0 Å². The number of aliphatic carboxylic acids is 1. The Balaban J connectivity index is 1.67. The first kappa shape index (κ1) is 26.2. The van der Waals surface area contributed by atoms with Crippen molar-refractivity contribution in [2.24, 2.45) is 0 Å². The Morgan fingerprint density at radius 3 is 2.53 bits per heavy atom. The van der Waals surface area contributed by atoms with E-state index in [4.69, 9.17) is 23.7 Å². The number of carbonyl (C=O) groups excluding carboxylic acids is 1. The molecule has 0 bridgehead atoms. The molecule has 1 atom stereocenters. The Morgan fingerprint density at radius 1 is 1.18 bits per heavy atom. The van der Waals surface area contributed by atoms with Crippen molar-refractivity contribution in [3.8, 4) is 23.3 Å². The van der Waals surface area contributed by atoms with Gasteiger partial charge in [-0.1, -0.05) is 6.07 Å². The molecule has 0 saturated carbocycles. The van der Waals surface area contributed by atoms with E-state index in [1.54, 1.807) is 42.7 Å². The van der Waals surface area contributed by atoms with E-state index in [9.17, 15) is 14.9 Å². The second kappa shape index (κ2) is 11.4. The summed E-state index contributed by atoms with van der Waals surface area (Å²) in [6.07, 6.45) is 3.64. The minimum Gasteiger partial charge on any atom is -0.493 e. The lowest BCUT2D eigenvalue weighted by Gasteiger charge is -2.23. The third-order valence-electron chi connectivity index (χ3n) is 6.21. The molecule has 3 aromatic rings. The van der Waals surface area contributed by atoms with E-state index in [1.807, 2.05) is 24.1 Å². The number of fused-ring (bicyclic) bond motifs is 1. The Kier molecular flexibility index (Phi) is 7.87. The Labute approximate surface area is 219 Å². The van der Waals surface area contributed by atoms with Gasteiger partial charge in [0.1, 0.15) is 5.76 Å².